The van der Waals surface area contributed by atoms with Gasteiger partial charge in [0, 0.05) is 38.3 Å². The summed E-state index contributed by atoms with van der Waals surface area (Å²) in [5.41, 5.74) is 5.32. The summed E-state index contributed by atoms with van der Waals surface area (Å²) in [6, 6.07) is 9.41. The SMILES string of the molecule is COc1cc([C@H](C(=O)N2C[C@H](O)C[C@H]2c2nc(C(=O)N(Cc3ccc(-c4scnc4C)cc3)CC3CC3)c[nH]2)C(C)C)on1. The number of amides is 2. The lowest BCUT2D eigenvalue weighted by molar-refractivity contribution is -0.135. The first kappa shape index (κ1) is 30.0. The number of aromatic nitrogens is 4. The Morgan fingerprint density at radius 1 is 1.25 bits per heavy atom. The van der Waals surface area contributed by atoms with Crippen LogP contribution in [0.2, 0.25) is 0 Å². The van der Waals surface area contributed by atoms with E-state index in [0.717, 1.165) is 34.5 Å². The van der Waals surface area contributed by atoms with Crippen molar-refractivity contribution in [3.8, 4) is 16.3 Å². The Hall–Kier alpha value is -4.03. The van der Waals surface area contributed by atoms with E-state index in [0.29, 0.717) is 48.6 Å². The van der Waals surface area contributed by atoms with Crippen LogP contribution in [0.4, 0.5) is 0 Å². The number of aryl methyl sites for hydroxylation is 1. The van der Waals surface area contributed by atoms with Gasteiger partial charge >= 0.3 is 0 Å². The number of ether oxygens (including phenoxy) is 1. The molecule has 44 heavy (non-hydrogen) atoms. The fraction of sp³-hybridized carbons (Fsp3) is 0.469. The fourth-order valence-corrected chi connectivity index (χ4v) is 6.73. The third kappa shape index (κ3) is 6.27. The summed E-state index contributed by atoms with van der Waals surface area (Å²) >= 11 is 1.62. The number of carbonyl (C=O) groups is 2. The van der Waals surface area contributed by atoms with Crippen LogP contribution < -0.4 is 4.74 Å². The molecule has 2 N–H and O–H groups in total. The number of likely N-dealkylation sites (tertiary alicyclic amines) is 1. The minimum Gasteiger partial charge on any atom is -0.479 e. The van der Waals surface area contributed by atoms with Crippen molar-refractivity contribution >= 4 is 23.2 Å². The summed E-state index contributed by atoms with van der Waals surface area (Å²) in [6.45, 7) is 7.18. The minimum atomic E-state index is -0.714. The van der Waals surface area contributed by atoms with Gasteiger partial charge in [-0.15, -0.1) is 11.3 Å². The molecule has 2 amide bonds. The van der Waals surface area contributed by atoms with Gasteiger partial charge < -0.3 is 29.2 Å². The van der Waals surface area contributed by atoms with Crippen LogP contribution in [0.3, 0.4) is 0 Å². The number of thiazole rings is 1. The molecule has 0 bridgehead atoms. The minimum absolute atomic E-state index is 0.0941. The number of benzene rings is 1. The van der Waals surface area contributed by atoms with E-state index in [1.807, 2.05) is 31.2 Å². The van der Waals surface area contributed by atoms with Crippen molar-refractivity contribution in [1.29, 1.82) is 0 Å². The van der Waals surface area contributed by atoms with Crippen molar-refractivity contribution in [3.05, 3.63) is 70.6 Å². The van der Waals surface area contributed by atoms with Gasteiger partial charge in [-0.3, -0.25) is 9.59 Å². The second kappa shape index (κ2) is 12.5. The van der Waals surface area contributed by atoms with Gasteiger partial charge in [0.1, 0.15) is 17.4 Å². The summed E-state index contributed by atoms with van der Waals surface area (Å²) < 4.78 is 10.6. The molecule has 232 valence electrons. The largest absolute Gasteiger partial charge is 0.479 e. The van der Waals surface area contributed by atoms with Crippen LogP contribution in [0.1, 0.15) is 78.4 Å². The Kier molecular flexibility index (Phi) is 8.55. The fourth-order valence-electron chi connectivity index (χ4n) is 5.92. The van der Waals surface area contributed by atoms with Crippen molar-refractivity contribution < 1.29 is 24.0 Å². The summed E-state index contributed by atoms with van der Waals surface area (Å²) in [5.74, 6) is 0.613. The number of rotatable bonds is 11. The highest BCUT2D eigenvalue weighted by Gasteiger charge is 2.42. The number of imidazole rings is 1. The van der Waals surface area contributed by atoms with Gasteiger partial charge in [-0.05, 0) is 47.9 Å². The van der Waals surface area contributed by atoms with Crippen molar-refractivity contribution in [3.63, 3.8) is 0 Å². The summed E-state index contributed by atoms with van der Waals surface area (Å²) in [7, 11) is 1.49. The van der Waals surface area contributed by atoms with Crippen LogP contribution in [-0.4, -0.2) is 73.1 Å². The van der Waals surface area contributed by atoms with Crippen molar-refractivity contribution in [1.82, 2.24) is 29.9 Å². The third-order valence-corrected chi connectivity index (χ3v) is 9.43. The van der Waals surface area contributed by atoms with E-state index in [9.17, 15) is 14.7 Å². The number of hydrogen-bond donors (Lipinski definition) is 2. The van der Waals surface area contributed by atoms with Gasteiger partial charge in [-0.25, -0.2) is 9.97 Å². The topological polar surface area (TPSA) is 138 Å². The molecule has 0 radical (unpaired) electrons. The number of methoxy groups -OCH3 is 1. The van der Waals surface area contributed by atoms with Gasteiger partial charge in [0.15, 0.2) is 5.76 Å². The molecule has 3 atom stereocenters. The Morgan fingerprint density at radius 2 is 2.02 bits per heavy atom. The van der Waals surface area contributed by atoms with E-state index in [4.69, 9.17) is 9.26 Å². The smallest absolute Gasteiger partial charge is 0.274 e. The van der Waals surface area contributed by atoms with E-state index in [1.54, 1.807) is 28.5 Å². The molecule has 4 aromatic rings. The van der Waals surface area contributed by atoms with Crippen LogP contribution in [0, 0.1) is 18.8 Å². The average Bonchev–Trinajstić information content (AvgIpc) is 3.42. The average molecular weight is 619 g/mol. The molecule has 2 aliphatic rings. The molecule has 0 spiro atoms. The molecule has 0 unspecified atom stereocenters. The Labute approximate surface area is 260 Å². The molecule has 3 aromatic heterocycles. The lowest BCUT2D eigenvalue weighted by Crippen LogP contribution is -2.37. The molecule has 11 nitrogen and oxygen atoms in total. The second-order valence-corrected chi connectivity index (χ2v) is 13.0. The first-order valence-electron chi connectivity index (χ1n) is 15.0. The van der Waals surface area contributed by atoms with Gasteiger partial charge in [0.05, 0.1) is 35.3 Å². The lowest BCUT2D eigenvalue weighted by atomic mass is 9.91. The normalized spacial score (nSPS) is 19.0. The number of hydrogen-bond acceptors (Lipinski definition) is 9. The molecule has 12 heteroatoms. The van der Waals surface area contributed by atoms with E-state index in [1.165, 1.54) is 7.11 Å². The number of nitrogens with zero attached hydrogens (tertiary/aromatic N) is 5. The quantitative estimate of drug-likeness (QED) is 0.241. The zero-order chi connectivity index (χ0) is 31.0. The highest BCUT2D eigenvalue weighted by molar-refractivity contribution is 7.13. The van der Waals surface area contributed by atoms with Crippen LogP contribution in [0.15, 0.2) is 46.6 Å². The van der Waals surface area contributed by atoms with Gasteiger partial charge in [0.2, 0.25) is 5.91 Å². The van der Waals surface area contributed by atoms with Crippen LogP contribution in [0.25, 0.3) is 10.4 Å². The van der Waals surface area contributed by atoms with Crippen LogP contribution in [0.5, 0.6) is 5.88 Å². The Morgan fingerprint density at radius 3 is 2.66 bits per heavy atom. The lowest BCUT2D eigenvalue weighted by Gasteiger charge is -2.28. The number of carbonyl (C=O) groups excluding carboxylic acids is 2. The van der Waals surface area contributed by atoms with E-state index in [2.05, 4.69) is 44.4 Å². The summed E-state index contributed by atoms with van der Waals surface area (Å²) in [6.07, 6.45) is 3.44. The maximum atomic E-state index is 13.9. The molecule has 1 saturated heterocycles. The van der Waals surface area contributed by atoms with Gasteiger partial charge in [0.25, 0.3) is 11.8 Å². The molecule has 1 aliphatic carbocycles. The molecular weight excluding hydrogens is 580 g/mol. The van der Waals surface area contributed by atoms with Crippen molar-refractivity contribution in [2.45, 2.75) is 64.6 Å². The highest BCUT2D eigenvalue weighted by Crippen LogP contribution is 2.37. The number of aromatic amines is 1. The highest BCUT2D eigenvalue weighted by atomic mass is 32.1. The van der Waals surface area contributed by atoms with Crippen LogP contribution in [-0.2, 0) is 11.3 Å². The number of aliphatic hydroxyl groups excluding tert-OH is 1. The van der Waals surface area contributed by atoms with Gasteiger partial charge in [-0.1, -0.05) is 38.1 Å². The van der Waals surface area contributed by atoms with Crippen molar-refractivity contribution in [2.24, 2.45) is 11.8 Å². The zero-order valence-electron chi connectivity index (χ0n) is 25.4. The molecule has 6 rings (SSSR count). The van der Waals surface area contributed by atoms with Gasteiger partial charge in [-0.2, -0.15) is 0 Å². The summed E-state index contributed by atoms with van der Waals surface area (Å²) in [4.78, 5) is 44.5. The molecule has 2 fully saturated rings. The number of β-amino-alcohol motifs (C(OH)–C–C–N with tert-alkyl or cyclic N) is 1. The first-order chi connectivity index (χ1) is 21.2. The number of nitrogens with one attached hydrogen (secondary N) is 1. The zero-order valence-corrected chi connectivity index (χ0v) is 26.2. The van der Waals surface area contributed by atoms with E-state index < -0.39 is 18.1 Å². The molecular formula is C32H38N6O5S. The second-order valence-electron chi connectivity index (χ2n) is 12.2. The molecule has 1 aromatic carbocycles. The molecule has 4 heterocycles. The van der Waals surface area contributed by atoms with E-state index in [-0.39, 0.29) is 24.3 Å². The molecule has 1 saturated carbocycles. The summed E-state index contributed by atoms with van der Waals surface area (Å²) in [5, 5.41) is 14.5. The predicted octanol–water partition coefficient (Wildman–Crippen LogP) is 4.96. The first-order valence-corrected chi connectivity index (χ1v) is 15.9. The maximum Gasteiger partial charge on any atom is 0.274 e. The standard InChI is InChI=1S/C32H38N6O5S/c1-18(2)28(26-12-27(42-4)36-43-26)32(41)38-16-23(39)11-25(38)30-33-13-24(35-30)31(40)37(14-20-5-6-20)15-21-7-9-22(10-8-21)29-19(3)34-17-44-29/h7-10,12-13,17-18,20,23,25,28,39H,5-6,11,14-16H2,1-4H3,(H,33,35)/t23-,25+,28-/m1/s1. The Balaban J connectivity index is 1.19. The number of aliphatic hydroxyl groups is 1. The predicted molar refractivity (Wildman–Crippen MR) is 164 cm³/mol. The molecule has 1 aliphatic heterocycles. The van der Waals surface area contributed by atoms with Crippen LogP contribution >= 0.6 is 11.3 Å². The number of H-pyrrole nitrogens is 1. The van der Waals surface area contributed by atoms with E-state index >= 15 is 0 Å². The maximum absolute atomic E-state index is 13.9. The Bertz CT molecular complexity index is 1610. The monoisotopic (exact) mass is 618 g/mol. The van der Waals surface area contributed by atoms with Crippen molar-refractivity contribution in [2.75, 3.05) is 20.2 Å². The third-order valence-electron chi connectivity index (χ3n) is 8.45.